The van der Waals surface area contributed by atoms with Crippen molar-refractivity contribution in [2.45, 2.75) is 52.4 Å². The quantitative estimate of drug-likeness (QED) is 0.558. The first-order chi connectivity index (χ1) is 8.38. The minimum absolute atomic E-state index is 0.0606. The van der Waals surface area contributed by atoms with Gasteiger partial charge in [0.15, 0.2) is 0 Å². The number of ketones is 1. The molecule has 2 atom stereocenters. The molecule has 0 heterocycles. The molecule has 1 N–H and O–H groups in total. The molecule has 102 valence electrons. The number of Topliss-reactive ketones (excluding diaryl/α,β-unsaturated/α-hetero) is 1. The van der Waals surface area contributed by atoms with Crippen molar-refractivity contribution in [1.82, 2.24) is 0 Å². The molecule has 2 unspecified atom stereocenters. The van der Waals surface area contributed by atoms with Crippen LogP contribution in [0, 0.1) is 17.3 Å². The minimum atomic E-state index is -0.744. The minimum Gasteiger partial charge on any atom is -0.481 e. The number of carbonyl (C=O) groups is 2. The van der Waals surface area contributed by atoms with Gasteiger partial charge in [0.25, 0.3) is 0 Å². The standard InChI is InChI=1S/C15H24O3/c1-4-11-8-9-12(13(11)16)7-5-6-10-15(2,3)14(17)18/h4,11-12H,1,5-10H2,2-3H3,(H,17,18). The van der Waals surface area contributed by atoms with Crippen LogP contribution in [0.2, 0.25) is 0 Å². The van der Waals surface area contributed by atoms with E-state index in [4.69, 9.17) is 5.11 Å². The Kier molecular flexibility index (Phi) is 5.12. The normalized spacial score (nSPS) is 24.2. The SMILES string of the molecule is C=CC1CCC(CCCCC(C)(C)C(=O)O)C1=O. The van der Waals surface area contributed by atoms with E-state index in [0.717, 1.165) is 32.1 Å². The molecular formula is C15H24O3. The third kappa shape index (κ3) is 3.69. The molecule has 3 heteroatoms. The van der Waals surface area contributed by atoms with Gasteiger partial charge in [0.05, 0.1) is 5.41 Å². The van der Waals surface area contributed by atoms with Crippen molar-refractivity contribution in [3.05, 3.63) is 12.7 Å². The summed E-state index contributed by atoms with van der Waals surface area (Å²) in [6, 6.07) is 0. The van der Waals surface area contributed by atoms with Gasteiger partial charge in [-0.25, -0.2) is 0 Å². The van der Waals surface area contributed by atoms with Crippen LogP contribution in [0.25, 0.3) is 0 Å². The van der Waals surface area contributed by atoms with Crippen LogP contribution in [-0.2, 0) is 9.59 Å². The molecule has 18 heavy (non-hydrogen) atoms. The molecule has 0 aromatic carbocycles. The highest BCUT2D eigenvalue weighted by Crippen LogP contribution is 2.32. The first kappa shape index (κ1) is 14.9. The summed E-state index contributed by atoms with van der Waals surface area (Å²) < 4.78 is 0. The van der Waals surface area contributed by atoms with Crippen LogP contribution in [0.1, 0.15) is 52.4 Å². The summed E-state index contributed by atoms with van der Waals surface area (Å²) in [5.41, 5.74) is -0.649. The summed E-state index contributed by atoms with van der Waals surface area (Å²) in [5, 5.41) is 9.00. The van der Waals surface area contributed by atoms with Crippen molar-refractivity contribution in [2.75, 3.05) is 0 Å². The number of aliphatic carboxylic acids is 1. The maximum Gasteiger partial charge on any atom is 0.309 e. The van der Waals surface area contributed by atoms with Crippen molar-refractivity contribution in [3.8, 4) is 0 Å². The number of allylic oxidation sites excluding steroid dienone is 1. The van der Waals surface area contributed by atoms with Gasteiger partial charge in [-0.3, -0.25) is 9.59 Å². The Labute approximate surface area is 109 Å². The molecule has 0 amide bonds. The van der Waals surface area contributed by atoms with Gasteiger partial charge in [0.1, 0.15) is 5.78 Å². The fourth-order valence-electron chi connectivity index (χ4n) is 2.55. The van der Waals surface area contributed by atoms with Crippen LogP contribution < -0.4 is 0 Å². The Morgan fingerprint density at radius 1 is 1.44 bits per heavy atom. The Morgan fingerprint density at radius 3 is 2.61 bits per heavy atom. The van der Waals surface area contributed by atoms with Crippen LogP contribution >= 0.6 is 0 Å². The summed E-state index contributed by atoms with van der Waals surface area (Å²) in [6.45, 7) is 7.20. The number of carbonyl (C=O) groups excluding carboxylic acids is 1. The molecule has 0 bridgehead atoms. The van der Waals surface area contributed by atoms with E-state index >= 15 is 0 Å². The van der Waals surface area contributed by atoms with Gasteiger partial charge in [0.2, 0.25) is 0 Å². The molecule has 0 saturated heterocycles. The largest absolute Gasteiger partial charge is 0.481 e. The molecule has 0 radical (unpaired) electrons. The highest BCUT2D eigenvalue weighted by Gasteiger charge is 2.32. The summed E-state index contributed by atoms with van der Waals surface area (Å²) in [4.78, 5) is 22.8. The van der Waals surface area contributed by atoms with E-state index in [2.05, 4.69) is 6.58 Å². The second-order valence-corrected chi connectivity index (χ2v) is 5.95. The van der Waals surface area contributed by atoms with Gasteiger partial charge >= 0.3 is 5.97 Å². The van der Waals surface area contributed by atoms with Crippen molar-refractivity contribution < 1.29 is 14.7 Å². The molecule has 0 aliphatic heterocycles. The van der Waals surface area contributed by atoms with Crippen LogP contribution in [0.3, 0.4) is 0 Å². The summed E-state index contributed by atoms with van der Waals surface area (Å²) >= 11 is 0. The second-order valence-electron chi connectivity index (χ2n) is 5.95. The van der Waals surface area contributed by atoms with Crippen molar-refractivity contribution >= 4 is 11.8 Å². The van der Waals surface area contributed by atoms with Gasteiger partial charge in [-0.1, -0.05) is 18.9 Å². The molecule has 0 aromatic rings. The number of carboxylic acids is 1. The molecule has 0 aromatic heterocycles. The van der Waals surface area contributed by atoms with E-state index in [1.165, 1.54) is 0 Å². The fraction of sp³-hybridized carbons (Fsp3) is 0.733. The number of rotatable bonds is 7. The maximum atomic E-state index is 11.9. The van der Waals surface area contributed by atoms with Crippen LogP contribution in [0.15, 0.2) is 12.7 Å². The van der Waals surface area contributed by atoms with Crippen molar-refractivity contribution in [2.24, 2.45) is 17.3 Å². The van der Waals surface area contributed by atoms with Crippen LogP contribution in [0.4, 0.5) is 0 Å². The number of hydrogen-bond donors (Lipinski definition) is 1. The average molecular weight is 252 g/mol. The summed E-state index contributed by atoms with van der Waals surface area (Å²) in [7, 11) is 0. The lowest BCUT2D eigenvalue weighted by atomic mass is 9.86. The first-order valence-electron chi connectivity index (χ1n) is 6.78. The van der Waals surface area contributed by atoms with Gasteiger partial charge < -0.3 is 5.11 Å². The highest BCUT2D eigenvalue weighted by molar-refractivity contribution is 5.86. The predicted molar refractivity (Wildman–Crippen MR) is 71.3 cm³/mol. The lowest BCUT2D eigenvalue weighted by Gasteiger charge is -2.19. The van der Waals surface area contributed by atoms with Gasteiger partial charge in [-0.2, -0.15) is 0 Å². The maximum absolute atomic E-state index is 11.9. The second kappa shape index (κ2) is 6.17. The van der Waals surface area contributed by atoms with E-state index < -0.39 is 11.4 Å². The van der Waals surface area contributed by atoms with E-state index in [1.807, 2.05) is 0 Å². The molecule has 1 aliphatic carbocycles. The molecule has 1 aliphatic rings. The molecule has 1 rings (SSSR count). The number of unbranched alkanes of at least 4 members (excludes halogenated alkanes) is 1. The van der Waals surface area contributed by atoms with Crippen molar-refractivity contribution in [1.29, 1.82) is 0 Å². The zero-order chi connectivity index (χ0) is 13.8. The van der Waals surface area contributed by atoms with E-state index in [9.17, 15) is 9.59 Å². The van der Waals surface area contributed by atoms with E-state index in [0.29, 0.717) is 12.2 Å². The Hall–Kier alpha value is -1.12. The average Bonchev–Trinajstić information content (AvgIpc) is 2.65. The summed E-state index contributed by atoms with van der Waals surface area (Å²) in [6.07, 6.45) is 7.06. The zero-order valence-corrected chi connectivity index (χ0v) is 11.4. The topological polar surface area (TPSA) is 54.4 Å². The van der Waals surface area contributed by atoms with Crippen LogP contribution in [0.5, 0.6) is 0 Å². The van der Waals surface area contributed by atoms with Crippen molar-refractivity contribution in [3.63, 3.8) is 0 Å². The van der Waals surface area contributed by atoms with Gasteiger partial charge in [-0.15, -0.1) is 6.58 Å². The van der Waals surface area contributed by atoms with E-state index in [-0.39, 0.29) is 11.8 Å². The molecule has 1 fully saturated rings. The molecular weight excluding hydrogens is 228 g/mol. The Bertz CT molecular complexity index is 331. The van der Waals surface area contributed by atoms with Crippen LogP contribution in [-0.4, -0.2) is 16.9 Å². The monoisotopic (exact) mass is 252 g/mol. The first-order valence-corrected chi connectivity index (χ1v) is 6.78. The number of hydrogen-bond acceptors (Lipinski definition) is 2. The van der Waals surface area contributed by atoms with Gasteiger partial charge in [0, 0.05) is 11.8 Å². The number of carboxylic acid groups (broad SMARTS) is 1. The fourth-order valence-corrected chi connectivity index (χ4v) is 2.55. The summed E-state index contributed by atoms with van der Waals surface area (Å²) in [5.74, 6) is -0.167. The highest BCUT2D eigenvalue weighted by atomic mass is 16.4. The molecule has 0 spiro atoms. The molecule has 3 nitrogen and oxygen atoms in total. The zero-order valence-electron chi connectivity index (χ0n) is 11.4. The third-order valence-electron chi connectivity index (χ3n) is 4.06. The lowest BCUT2D eigenvalue weighted by molar-refractivity contribution is -0.147. The lowest BCUT2D eigenvalue weighted by Crippen LogP contribution is -2.23. The third-order valence-corrected chi connectivity index (χ3v) is 4.06. The van der Waals surface area contributed by atoms with E-state index in [1.54, 1.807) is 19.9 Å². The van der Waals surface area contributed by atoms with Gasteiger partial charge in [-0.05, 0) is 39.5 Å². The Morgan fingerprint density at radius 2 is 2.11 bits per heavy atom. The predicted octanol–water partition coefficient (Wildman–Crippen LogP) is 3.44. The molecule has 1 saturated carbocycles. The smallest absolute Gasteiger partial charge is 0.309 e. The Balaban J connectivity index is 2.25.